The maximum atomic E-state index is 11.1. The minimum Gasteiger partial charge on any atom is -0.396 e. The smallest absolute Gasteiger partial charge is 0.0709 e. The third kappa shape index (κ3) is 2.86. The molecule has 4 heteroatoms. The molecule has 0 radical (unpaired) electrons. The lowest BCUT2D eigenvalue weighted by atomic mass is 9.64. The molecule has 0 aromatic heterocycles. The molecule has 3 aliphatic carbocycles. The van der Waals surface area contributed by atoms with E-state index in [0.717, 1.165) is 19.3 Å². The van der Waals surface area contributed by atoms with Gasteiger partial charge in [-0.3, -0.25) is 0 Å². The highest BCUT2D eigenvalue weighted by Gasteiger charge is 2.55. The fourth-order valence-electron chi connectivity index (χ4n) is 6.12. The van der Waals surface area contributed by atoms with Gasteiger partial charge in [-0.25, -0.2) is 0 Å². The van der Waals surface area contributed by atoms with Gasteiger partial charge in [0.15, 0.2) is 0 Å². The molecule has 3 rings (SSSR count). The van der Waals surface area contributed by atoms with Crippen LogP contribution in [0.5, 0.6) is 0 Å². The predicted molar refractivity (Wildman–Crippen MR) is 93.2 cm³/mol. The molecule has 3 aliphatic rings. The SMILES string of the molecule is C[C@@H](CO)[C@@H]1CC[C@@]2(C)C[C@H]3[C@@H](CO)C[C@@H](O)[C@H]3[C@](C)(O)CC=C12. The molecule has 4 nitrogen and oxygen atoms in total. The van der Waals surface area contributed by atoms with Gasteiger partial charge in [-0.2, -0.15) is 0 Å². The number of aliphatic hydroxyl groups is 4. The Hall–Kier alpha value is -0.420. The van der Waals surface area contributed by atoms with Crippen LogP contribution in [0.25, 0.3) is 0 Å². The maximum absolute atomic E-state index is 11.1. The van der Waals surface area contributed by atoms with Crippen molar-refractivity contribution in [2.24, 2.45) is 35.0 Å². The first-order valence-corrected chi connectivity index (χ1v) is 9.56. The second-order valence-electron chi connectivity index (χ2n) is 9.23. The molecule has 0 heterocycles. The van der Waals surface area contributed by atoms with Crippen LogP contribution in [0.1, 0.15) is 52.9 Å². The maximum Gasteiger partial charge on any atom is 0.0709 e. The van der Waals surface area contributed by atoms with E-state index < -0.39 is 11.7 Å². The average molecular weight is 338 g/mol. The van der Waals surface area contributed by atoms with E-state index in [1.807, 2.05) is 6.92 Å². The summed E-state index contributed by atoms with van der Waals surface area (Å²) in [4.78, 5) is 0. The molecule has 2 saturated carbocycles. The van der Waals surface area contributed by atoms with Crippen molar-refractivity contribution in [2.75, 3.05) is 13.2 Å². The van der Waals surface area contributed by atoms with E-state index >= 15 is 0 Å². The zero-order valence-corrected chi connectivity index (χ0v) is 15.3. The Morgan fingerprint density at radius 1 is 1.29 bits per heavy atom. The summed E-state index contributed by atoms with van der Waals surface area (Å²) in [7, 11) is 0. The highest BCUT2D eigenvalue weighted by atomic mass is 16.3. The van der Waals surface area contributed by atoms with E-state index in [2.05, 4.69) is 19.9 Å². The Morgan fingerprint density at radius 3 is 2.62 bits per heavy atom. The summed E-state index contributed by atoms with van der Waals surface area (Å²) >= 11 is 0. The minimum atomic E-state index is -0.947. The first-order chi connectivity index (χ1) is 11.2. The lowest BCUT2D eigenvalue weighted by molar-refractivity contribution is -0.0709. The molecule has 0 saturated heterocycles. The van der Waals surface area contributed by atoms with Gasteiger partial charge in [-0.1, -0.05) is 25.5 Å². The largest absolute Gasteiger partial charge is 0.396 e. The number of aliphatic hydroxyl groups excluding tert-OH is 3. The third-order valence-corrected chi connectivity index (χ3v) is 7.48. The molecule has 0 unspecified atom stereocenters. The molecule has 24 heavy (non-hydrogen) atoms. The van der Waals surface area contributed by atoms with Crippen LogP contribution in [0.2, 0.25) is 0 Å². The van der Waals surface area contributed by atoms with Crippen molar-refractivity contribution in [1.29, 1.82) is 0 Å². The van der Waals surface area contributed by atoms with Crippen LogP contribution >= 0.6 is 0 Å². The first kappa shape index (κ1) is 18.4. The molecule has 0 amide bonds. The Labute approximate surface area is 145 Å². The predicted octanol–water partition coefficient (Wildman–Crippen LogP) is 2.11. The van der Waals surface area contributed by atoms with E-state index in [1.54, 1.807) is 0 Å². The van der Waals surface area contributed by atoms with Crippen molar-refractivity contribution in [3.05, 3.63) is 11.6 Å². The van der Waals surface area contributed by atoms with Crippen LogP contribution in [0, 0.1) is 35.0 Å². The standard InChI is InChI=1S/C20H34O4/c1-12(10-21)14-4-6-19(2)9-15-13(11-22)8-17(23)18(15)20(3,24)7-5-16(14)19/h5,12-15,17-18,21-24H,4,6-11H2,1-3H3/t12-,13+,14-,15-,17+,18-,19-,20+/m0/s1. The van der Waals surface area contributed by atoms with Gasteiger partial charge in [0.1, 0.15) is 0 Å². The number of allylic oxidation sites excluding steroid dienone is 1. The second kappa shape index (κ2) is 6.39. The van der Waals surface area contributed by atoms with Crippen LogP contribution < -0.4 is 0 Å². The molecule has 138 valence electrons. The second-order valence-corrected chi connectivity index (χ2v) is 9.23. The average Bonchev–Trinajstić information content (AvgIpc) is 3.00. The number of rotatable bonds is 3. The lowest BCUT2D eigenvalue weighted by Gasteiger charge is -2.43. The topological polar surface area (TPSA) is 80.9 Å². The molecule has 0 spiro atoms. The van der Waals surface area contributed by atoms with Crippen molar-refractivity contribution in [3.8, 4) is 0 Å². The number of fused-ring (bicyclic) bond motifs is 2. The van der Waals surface area contributed by atoms with E-state index in [9.17, 15) is 20.4 Å². The fourth-order valence-corrected chi connectivity index (χ4v) is 6.12. The molecule has 8 atom stereocenters. The molecule has 0 aromatic rings. The van der Waals surface area contributed by atoms with Gasteiger partial charge in [-0.05, 0) is 68.1 Å². The van der Waals surface area contributed by atoms with E-state index in [4.69, 9.17) is 0 Å². The zero-order valence-electron chi connectivity index (χ0n) is 15.3. The van der Waals surface area contributed by atoms with Crippen molar-refractivity contribution >= 4 is 0 Å². The van der Waals surface area contributed by atoms with E-state index in [0.29, 0.717) is 18.8 Å². The summed E-state index contributed by atoms with van der Waals surface area (Å²) in [6, 6.07) is 0. The molecule has 0 bridgehead atoms. The summed E-state index contributed by atoms with van der Waals surface area (Å²) in [5.74, 6) is 0.671. The Kier molecular flexibility index (Phi) is 4.89. The van der Waals surface area contributed by atoms with E-state index in [-0.39, 0.29) is 42.3 Å². The van der Waals surface area contributed by atoms with Crippen LogP contribution in [0.15, 0.2) is 11.6 Å². The molecular formula is C20H34O4. The van der Waals surface area contributed by atoms with Gasteiger partial charge < -0.3 is 20.4 Å². The normalized spacial score (nSPS) is 49.8. The summed E-state index contributed by atoms with van der Waals surface area (Å²) in [6.45, 7) is 6.52. The quantitative estimate of drug-likeness (QED) is 0.594. The van der Waals surface area contributed by atoms with Crippen molar-refractivity contribution < 1.29 is 20.4 Å². The van der Waals surface area contributed by atoms with Crippen LogP contribution in [0.4, 0.5) is 0 Å². The highest BCUT2D eigenvalue weighted by molar-refractivity contribution is 5.26. The molecular weight excluding hydrogens is 304 g/mol. The summed E-state index contributed by atoms with van der Waals surface area (Å²) in [6.07, 6.45) is 5.89. The third-order valence-electron chi connectivity index (χ3n) is 7.48. The van der Waals surface area contributed by atoms with Gasteiger partial charge in [0.05, 0.1) is 11.7 Å². The fraction of sp³-hybridized carbons (Fsp3) is 0.900. The Morgan fingerprint density at radius 2 is 2.00 bits per heavy atom. The van der Waals surface area contributed by atoms with Crippen molar-refractivity contribution in [1.82, 2.24) is 0 Å². The Balaban J connectivity index is 1.99. The summed E-state index contributed by atoms with van der Waals surface area (Å²) in [5.41, 5.74) is 0.504. The highest BCUT2D eigenvalue weighted by Crippen LogP contribution is 2.58. The van der Waals surface area contributed by atoms with Gasteiger partial charge in [0.2, 0.25) is 0 Å². The van der Waals surface area contributed by atoms with Gasteiger partial charge in [-0.15, -0.1) is 0 Å². The Bertz CT molecular complexity index is 500. The molecule has 2 fully saturated rings. The lowest BCUT2D eigenvalue weighted by Crippen LogP contribution is -2.45. The first-order valence-electron chi connectivity index (χ1n) is 9.56. The number of hydrogen-bond acceptors (Lipinski definition) is 4. The van der Waals surface area contributed by atoms with Gasteiger partial charge in [0.25, 0.3) is 0 Å². The van der Waals surface area contributed by atoms with E-state index in [1.165, 1.54) is 5.57 Å². The number of hydrogen-bond donors (Lipinski definition) is 4. The van der Waals surface area contributed by atoms with Crippen LogP contribution in [-0.2, 0) is 0 Å². The van der Waals surface area contributed by atoms with Crippen LogP contribution in [0.3, 0.4) is 0 Å². The monoisotopic (exact) mass is 338 g/mol. The van der Waals surface area contributed by atoms with Gasteiger partial charge >= 0.3 is 0 Å². The molecule has 4 N–H and O–H groups in total. The minimum absolute atomic E-state index is 0.0605. The molecule has 0 aromatic carbocycles. The molecule has 0 aliphatic heterocycles. The van der Waals surface area contributed by atoms with Gasteiger partial charge in [0, 0.05) is 19.1 Å². The summed E-state index contributed by atoms with van der Waals surface area (Å²) in [5, 5.41) is 41.1. The zero-order chi connectivity index (χ0) is 17.7. The van der Waals surface area contributed by atoms with Crippen molar-refractivity contribution in [3.63, 3.8) is 0 Å². The summed E-state index contributed by atoms with van der Waals surface area (Å²) < 4.78 is 0. The van der Waals surface area contributed by atoms with Crippen molar-refractivity contribution in [2.45, 2.75) is 64.6 Å². The van der Waals surface area contributed by atoms with Crippen LogP contribution in [-0.4, -0.2) is 45.3 Å².